The van der Waals surface area contributed by atoms with Gasteiger partial charge < -0.3 is 15.0 Å². The molecule has 0 unspecified atom stereocenters. The van der Waals surface area contributed by atoms with Crippen LogP contribution in [0.2, 0.25) is 0 Å². The number of hydrogen-bond donors (Lipinski definition) is 1. The number of morpholine rings is 1. The Hall–Kier alpha value is -2.85. The van der Waals surface area contributed by atoms with Gasteiger partial charge in [-0.25, -0.2) is 9.97 Å². The van der Waals surface area contributed by atoms with Crippen LogP contribution >= 0.6 is 0 Å². The molecule has 172 valence electrons. The molecule has 2 aliphatic rings. The highest BCUT2D eigenvalue weighted by atomic mass is 16.5. The molecule has 2 aromatic heterocycles. The number of anilines is 1. The van der Waals surface area contributed by atoms with Crippen molar-refractivity contribution in [1.29, 1.82) is 0 Å². The highest BCUT2D eigenvalue weighted by Crippen LogP contribution is 2.21. The molecule has 32 heavy (non-hydrogen) atoms. The van der Waals surface area contributed by atoms with Crippen molar-refractivity contribution in [2.24, 2.45) is 5.92 Å². The van der Waals surface area contributed by atoms with Gasteiger partial charge in [0.05, 0.1) is 25.5 Å². The number of aryl methyl sites for hydroxylation is 3. The Morgan fingerprint density at radius 1 is 1.00 bits per heavy atom. The van der Waals surface area contributed by atoms with Crippen molar-refractivity contribution in [2.45, 2.75) is 33.6 Å². The van der Waals surface area contributed by atoms with E-state index in [0.29, 0.717) is 38.1 Å². The predicted molar refractivity (Wildman–Crippen MR) is 119 cm³/mol. The van der Waals surface area contributed by atoms with Crippen LogP contribution in [0.4, 0.5) is 5.82 Å². The molecule has 0 radical (unpaired) electrons. The summed E-state index contributed by atoms with van der Waals surface area (Å²) in [6, 6.07) is 3.71. The third-order valence-corrected chi connectivity index (χ3v) is 5.89. The minimum absolute atomic E-state index is 0.0400. The summed E-state index contributed by atoms with van der Waals surface area (Å²) >= 11 is 0. The van der Waals surface area contributed by atoms with E-state index >= 15 is 0 Å². The number of hydrogen-bond acceptors (Lipinski definition) is 7. The summed E-state index contributed by atoms with van der Waals surface area (Å²) in [7, 11) is 0. The quantitative estimate of drug-likeness (QED) is 0.741. The monoisotopic (exact) mass is 441 g/mol. The second-order valence-electron chi connectivity index (χ2n) is 8.57. The van der Waals surface area contributed by atoms with Gasteiger partial charge in [0, 0.05) is 36.5 Å². The highest BCUT2D eigenvalue weighted by molar-refractivity contribution is 5.91. The second kappa shape index (κ2) is 9.74. The number of aromatic nitrogens is 4. The second-order valence-corrected chi connectivity index (χ2v) is 8.57. The van der Waals surface area contributed by atoms with Crippen molar-refractivity contribution in [3.63, 3.8) is 0 Å². The molecule has 0 aromatic carbocycles. The SMILES string of the molecule is Cc1cc(C)nc(-n2nc(C)cc2NC(=O)CN2CCC(C(=O)N3CCOCC3)CC2)n1. The number of amides is 2. The minimum Gasteiger partial charge on any atom is -0.378 e. The Bertz CT molecular complexity index is 956. The third-order valence-electron chi connectivity index (χ3n) is 5.89. The van der Waals surface area contributed by atoms with E-state index in [1.54, 1.807) is 4.68 Å². The molecular weight excluding hydrogens is 410 g/mol. The lowest BCUT2D eigenvalue weighted by atomic mass is 9.95. The van der Waals surface area contributed by atoms with Gasteiger partial charge >= 0.3 is 0 Å². The first-order chi connectivity index (χ1) is 15.4. The van der Waals surface area contributed by atoms with Gasteiger partial charge in [0.2, 0.25) is 11.8 Å². The number of carbonyl (C=O) groups excluding carboxylic acids is 2. The molecule has 2 fully saturated rings. The summed E-state index contributed by atoms with van der Waals surface area (Å²) in [6.07, 6.45) is 1.55. The zero-order valence-corrected chi connectivity index (χ0v) is 19.0. The standard InChI is InChI=1S/C22H31N7O3/c1-15-12-16(2)24-22(23-15)29-19(13-17(3)26-29)25-20(30)14-27-6-4-18(5-7-27)21(31)28-8-10-32-11-9-28/h12-13,18H,4-11,14H2,1-3H3,(H,25,30). The fraction of sp³-hybridized carbons (Fsp3) is 0.591. The molecular formula is C22H31N7O3. The Morgan fingerprint density at radius 2 is 1.66 bits per heavy atom. The van der Waals surface area contributed by atoms with E-state index < -0.39 is 0 Å². The molecule has 2 aromatic rings. The molecule has 2 amide bonds. The number of nitrogens with one attached hydrogen (secondary N) is 1. The van der Waals surface area contributed by atoms with Gasteiger partial charge in [0.25, 0.3) is 5.95 Å². The van der Waals surface area contributed by atoms with Gasteiger partial charge in [-0.15, -0.1) is 0 Å². The molecule has 2 aliphatic heterocycles. The number of rotatable bonds is 5. The van der Waals surface area contributed by atoms with Crippen LogP contribution in [0, 0.1) is 26.7 Å². The molecule has 0 atom stereocenters. The van der Waals surface area contributed by atoms with Crippen molar-refractivity contribution in [2.75, 3.05) is 51.3 Å². The molecule has 0 aliphatic carbocycles. The van der Waals surface area contributed by atoms with Crippen LogP contribution in [0.5, 0.6) is 0 Å². The van der Waals surface area contributed by atoms with E-state index in [2.05, 4.69) is 25.3 Å². The van der Waals surface area contributed by atoms with E-state index in [4.69, 9.17) is 4.74 Å². The van der Waals surface area contributed by atoms with Crippen LogP contribution in [-0.4, -0.2) is 87.3 Å². The maximum Gasteiger partial charge on any atom is 0.252 e. The van der Waals surface area contributed by atoms with E-state index in [0.717, 1.165) is 43.0 Å². The topological polar surface area (TPSA) is 105 Å². The summed E-state index contributed by atoms with van der Waals surface area (Å²) in [5, 5.41) is 7.40. The molecule has 2 saturated heterocycles. The third kappa shape index (κ3) is 5.31. The molecule has 4 heterocycles. The smallest absolute Gasteiger partial charge is 0.252 e. The number of nitrogens with zero attached hydrogens (tertiary/aromatic N) is 6. The molecule has 0 bridgehead atoms. The van der Waals surface area contributed by atoms with Crippen molar-refractivity contribution in [1.82, 2.24) is 29.5 Å². The van der Waals surface area contributed by atoms with E-state index in [-0.39, 0.29) is 24.3 Å². The van der Waals surface area contributed by atoms with Gasteiger partial charge in [-0.2, -0.15) is 9.78 Å². The van der Waals surface area contributed by atoms with Crippen molar-refractivity contribution in [3.8, 4) is 5.95 Å². The van der Waals surface area contributed by atoms with Gasteiger partial charge in [0.15, 0.2) is 0 Å². The summed E-state index contributed by atoms with van der Waals surface area (Å²) in [6.45, 7) is 10.0. The largest absolute Gasteiger partial charge is 0.378 e. The minimum atomic E-state index is -0.117. The Balaban J connectivity index is 1.33. The predicted octanol–water partition coefficient (Wildman–Crippen LogP) is 1.10. The molecule has 0 spiro atoms. The van der Waals surface area contributed by atoms with Gasteiger partial charge in [-0.1, -0.05) is 0 Å². The maximum absolute atomic E-state index is 12.7. The molecule has 1 N–H and O–H groups in total. The average Bonchev–Trinajstić information content (AvgIpc) is 3.13. The zero-order chi connectivity index (χ0) is 22.7. The number of likely N-dealkylation sites (tertiary alicyclic amines) is 1. The van der Waals surface area contributed by atoms with E-state index in [1.807, 2.05) is 37.8 Å². The summed E-state index contributed by atoms with van der Waals surface area (Å²) in [5.41, 5.74) is 2.45. The first-order valence-corrected chi connectivity index (χ1v) is 11.2. The van der Waals surface area contributed by atoms with Crippen LogP contribution in [0.15, 0.2) is 12.1 Å². The van der Waals surface area contributed by atoms with Gasteiger partial charge in [0.1, 0.15) is 5.82 Å². The first-order valence-electron chi connectivity index (χ1n) is 11.2. The van der Waals surface area contributed by atoms with E-state index in [9.17, 15) is 9.59 Å². The zero-order valence-electron chi connectivity index (χ0n) is 19.0. The van der Waals surface area contributed by atoms with Crippen molar-refractivity contribution < 1.29 is 14.3 Å². The van der Waals surface area contributed by atoms with Crippen LogP contribution in [0.1, 0.15) is 29.9 Å². The lowest BCUT2D eigenvalue weighted by Gasteiger charge is -2.35. The fourth-order valence-corrected chi connectivity index (χ4v) is 4.31. The first kappa shape index (κ1) is 22.3. The lowest BCUT2D eigenvalue weighted by molar-refractivity contribution is -0.141. The van der Waals surface area contributed by atoms with Crippen LogP contribution in [0.3, 0.4) is 0 Å². The normalized spacial score (nSPS) is 18.0. The summed E-state index contributed by atoms with van der Waals surface area (Å²) < 4.78 is 6.91. The van der Waals surface area contributed by atoms with Crippen molar-refractivity contribution in [3.05, 3.63) is 29.2 Å². The number of piperidine rings is 1. The summed E-state index contributed by atoms with van der Waals surface area (Å²) in [5.74, 6) is 1.14. The Morgan fingerprint density at radius 3 is 2.31 bits per heavy atom. The van der Waals surface area contributed by atoms with Gasteiger partial charge in [-0.05, 0) is 52.8 Å². The van der Waals surface area contributed by atoms with Gasteiger partial charge in [-0.3, -0.25) is 14.5 Å². The molecule has 10 nitrogen and oxygen atoms in total. The van der Waals surface area contributed by atoms with Crippen molar-refractivity contribution >= 4 is 17.6 Å². The maximum atomic E-state index is 12.7. The van der Waals surface area contributed by atoms with Crippen LogP contribution in [-0.2, 0) is 14.3 Å². The fourth-order valence-electron chi connectivity index (χ4n) is 4.31. The average molecular weight is 442 g/mol. The summed E-state index contributed by atoms with van der Waals surface area (Å²) in [4.78, 5) is 38.3. The van der Waals surface area contributed by atoms with Crippen LogP contribution < -0.4 is 5.32 Å². The Labute approximate surface area is 188 Å². The van der Waals surface area contributed by atoms with Crippen LogP contribution in [0.25, 0.3) is 5.95 Å². The molecule has 4 rings (SSSR count). The highest BCUT2D eigenvalue weighted by Gasteiger charge is 2.30. The Kier molecular flexibility index (Phi) is 6.80. The number of carbonyl (C=O) groups is 2. The van der Waals surface area contributed by atoms with E-state index in [1.165, 1.54) is 0 Å². The number of ether oxygens (including phenoxy) is 1. The molecule has 10 heteroatoms. The molecule has 0 saturated carbocycles. The lowest BCUT2D eigenvalue weighted by Crippen LogP contribution is -2.47.